The van der Waals surface area contributed by atoms with Gasteiger partial charge in [0.25, 0.3) is 0 Å². The van der Waals surface area contributed by atoms with Crippen LogP contribution in [0.25, 0.3) is 0 Å². The lowest BCUT2D eigenvalue weighted by Crippen LogP contribution is -2.08. The zero-order valence-corrected chi connectivity index (χ0v) is 8.03. The predicted octanol–water partition coefficient (Wildman–Crippen LogP) is 1.75. The molecular weight excluding hydrogens is 176 g/mol. The van der Waals surface area contributed by atoms with E-state index in [1.165, 1.54) is 0 Å². The van der Waals surface area contributed by atoms with Gasteiger partial charge in [0.2, 0.25) is 0 Å². The molecule has 1 atom stereocenters. The minimum Gasteiger partial charge on any atom is -0.497 e. The van der Waals surface area contributed by atoms with Gasteiger partial charge in [-0.15, -0.1) is 6.58 Å². The van der Waals surface area contributed by atoms with Gasteiger partial charge in [0.15, 0.2) is 0 Å². The number of nitrogens with two attached hydrogens (primary N) is 1. The first-order valence-electron chi connectivity index (χ1n) is 4.19. The highest BCUT2D eigenvalue weighted by atomic mass is 16.5. The fourth-order valence-electron chi connectivity index (χ4n) is 1.18. The van der Waals surface area contributed by atoms with Crippen molar-refractivity contribution in [3.63, 3.8) is 0 Å². The quantitative estimate of drug-likeness (QED) is 0.735. The molecule has 0 heterocycles. The van der Waals surface area contributed by atoms with Gasteiger partial charge in [0, 0.05) is 6.04 Å². The lowest BCUT2D eigenvalue weighted by Gasteiger charge is -2.09. The molecule has 0 aromatic heterocycles. The third kappa shape index (κ3) is 1.93. The molecule has 0 saturated heterocycles. The Morgan fingerprint density at radius 2 is 2.36 bits per heavy atom. The molecule has 1 aromatic rings. The second kappa shape index (κ2) is 4.45. The highest BCUT2D eigenvalue weighted by molar-refractivity contribution is 5.45. The number of hydrogen-bond acceptors (Lipinski definition) is 3. The molecule has 0 saturated carbocycles. The van der Waals surface area contributed by atoms with Crippen LogP contribution in [0.5, 0.6) is 5.75 Å². The third-order valence-electron chi connectivity index (χ3n) is 1.99. The number of ether oxygens (including phenoxy) is 1. The van der Waals surface area contributed by atoms with Gasteiger partial charge in [0.1, 0.15) is 5.75 Å². The van der Waals surface area contributed by atoms with Crippen molar-refractivity contribution in [3.8, 4) is 11.8 Å². The lowest BCUT2D eigenvalue weighted by atomic mass is 10.0. The standard InChI is InChI=1S/C11H12N2O/c1-3-11(13)10-5-4-9(14-2)6-8(10)7-12/h3-6,11H,1,13H2,2H3. The van der Waals surface area contributed by atoms with Gasteiger partial charge >= 0.3 is 0 Å². The van der Waals surface area contributed by atoms with Crippen molar-refractivity contribution in [2.45, 2.75) is 6.04 Å². The monoisotopic (exact) mass is 188 g/mol. The highest BCUT2D eigenvalue weighted by Crippen LogP contribution is 2.21. The van der Waals surface area contributed by atoms with Gasteiger partial charge in [0.05, 0.1) is 18.7 Å². The molecule has 0 amide bonds. The Morgan fingerprint density at radius 1 is 1.64 bits per heavy atom. The summed E-state index contributed by atoms with van der Waals surface area (Å²) in [7, 11) is 1.56. The van der Waals surface area contributed by atoms with Crippen LogP contribution in [0, 0.1) is 11.3 Å². The summed E-state index contributed by atoms with van der Waals surface area (Å²) in [5.74, 6) is 0.654. The molecule has 0 bridgehead atoms. The van der Waals surface area contributed by atoms with Gasteiger partial charge in [-0.2, -0.15) is 5.26 Å². The van der Waals surface area contributed by atoms with Crippen molar-refractivity contribution < 1.29 is 4.74 Å². The first kappa shape index (κ1) is 10.3. The van der Waals surface area contributed by atoms with E-state index < -0.39 is 0 Å². The Bertz CT molecular complexity index is 379. The first-order valence-corrected chi connectivity index (χ1v) is 4.19. The molecule has 0 radical (unpaired) electrons. The Balaban J connectivity index is 3.19. The molecule has 1 rings (SSSR count). The van der Waals surface area contributed by atoms with Gasteiger partial charge < -0.3 is 10.5 Å². The van der Waals surface area contributed by atoms with Crippen LogP contribution in [0.15, 0.2) is 30.9 Å². The van der Waals surface area contributed by atoms with E-state index >= 15 is 0 Å². The van der Waals surface area contributed by atoms with E-state index in [1.807, 2.05) is 0 Å². The van der Waals surface area contributed by atoms with Crippen molar-refractivity contribution >= 4 is 0 Å². The van der Waals surface area contributed by atoms with Crippen molar-refractivity contribution in [1.29, 1.82) is 5.26 Å². The fourth-order valence-corrected chi connectivity index (χ4v) is 1.18. The van der Waals surface area contributed by atoms with Gasteiger partial charge in [-0.3, -0.25) is 0 Å². The van der Waals surface area contributed by atoms with Crippen LogP contribution in [0.3, 0.4) is 0 Å². The molecule has 0 aliphatic carbocycles. The van der Waals surface area contributed by atoms with Gasteiger partial charge in [-0.05, 0) is 17.7 Å². The molecule has 2 N–H and O–H groups in total. The van der Waals surface area contributed by atoms with E-state index in [2.05, 4.69) is 12.6 Å². The van der Waals surface area contributed by atoms with Crippen LogP contribution in [-0.4, -0.2) is 7.11 Å². The Labute approximate surface area is 83.4 Å². The molecule has 14 heavy (non-hydrogen) atoms. The summed E-state index contributed by atoms with van der Waals surface area (Å²) in [5.41, 5.74) is 7.04. The molecule has 3 heteroatoms. The molecule has 72 valence electrons. The van der Waals surface area contributed by atoms with Crippen molar-refractivity contribution in [2.75, 3.05) is 7.11 Å². The van der Waals surface area contributed by atoms with Crippen LogP contribution >= 0.6 is 0 Å². The number of rotatable bonds is 3. The average Bonchev–Trinajstić information content (AvgIpc) is 2.27. The minimum absolute atomic E-state index is 0.310. The molecule has 3 nitrogen and oxygen atoms in total. The maximum atomic E-state index is 8.89. The van der Waals surface area contributed by atoms with Gasteiger partial charge in [-0.1, -0.05) is 12.1 Å². The van der Waals surface area contributed by atoms with Crippen LogP contribution in [0.1, 0.15) is 17.2 Å². The van der Waals surface area contributed by atoms with E-state index in [0.717, 1.165) is 5.56 Å². The van der Waals surface area contributed by atoms with Crippen LogP contribution in [0.2, 0.25) is 0 Å². The molecule has 0 fully saturated rings. The van der Waals surface area contributed by atoms with E-state index in [-0.39, 0.29) is 6.04 Å². The zero-order chi connectivity index (χ0) is 10.6. The molecule has 1 aromatic carbocycles. The Kier molecular flexibility index (Phi) is 3.27. The number of hydrogen-bond donors (Lipinski definition) is 1. The number of methoxy groups -OCH3 is 1. The summed E-state index contributed by atoms with van der Waals surface area (Å²) in [6.07, 6.45) is 1.60. The van der Waals surface area contributed by atoms with Crippen LogP contribution < -0.4 is 10.5 Å². The molecular formula is C11H12N2O. The second-order valence-corrected chi connectivity index (χ2v) is 2.83. The van der Waals surface area contributed by atoms with E-state index in [9.17, 15) is 0 Å². The maximum Gasteiger partial charge on any atom is 0.120 e. The number of benzene rings is 1. The maximum absolute atomic E-state index is 8.89. The molecule has 0 spiro atoms. The van der Waals surface area contributed by atoms with Crippen molar-refractivity contribution in [3.05, 3.63) is 42.0 Å². The molecule has 1 unspecified atom stereocenters. The van der Waals surface area contributed by atoms with Gasteiger partial charge in [-0.25, -0.2) is 0 Å². The summed E-state index contributed by atoms with van der Waals surface area (Å²) < 4.78 is 5.01. The van der Waals surface area contributed by atoms with E-state index in [4.69, 9.17) is 15.7 Å². The lowest BCUT2D eigenvalue weighted by molar-refractivity contribution is 0.414. The topological polar surface area (TPSA) is 59.0 Å². The normalized spacial score (nSPS) is 11.5. The van der Waals surface area contributed by atoms with Crippen molar-refractivity contribution in [1.82, 2.24) is 0 Å². The summed E-state index contributed by atoms with van der Waals surface area (Å²) in [4.78, 5) is 0. The van der Waals surface area contributed by atoms with Crippen LogP contribution in [-0.2, 0) is 0 Å². The minimum atomic E-state index is -0.310. The average molecular weight is 188 g/mol. The number of nitrogens with zero attached hydrogens (tertiary/aromatic N) is 1. The summed E-state index contributed by atoms with van der Waals surface area (Å²) in [6, 6.07) is 6.99. The summed E-state index contributed by atoms with van der Waals surface area (Å²) in [5, 5.41) is 8.89. The fraction of sp³-hybridized carbons (Fsp3) is 0.182. The predicted molar refractivity (Wildman–Crippen MR) is 54.8 cm³/mol. The van der Waals surface area contributed by atoms with Crippen LogP contribution in [0.4, 0.5) is 0 Å². The van der Waals surface area contributed by atoms with E-state index in [1.54, 1.807) is 31.4 Å². The largest absolute Gasteiger partial charge is 0.497 e. The zero-order valence-electron chi connectivity index (χ0n) is 8.03. The van der Waals surface area contributed by atoms with E-state index in [0.29, 0.717) is 11.3 Å². The van der Waals surface area contributed by atoms with Crippen molar-refractivity contribution in [2.24, 2.45) is 5.73 Å². The SMILES string of the molecule is C=CC(N)c1ccc(OC)cc1C#N. The summed E-state index contributed by atoms with van der Waals surface area (Å²) in [6.45, 7) is 3.59. The first-order chi connectivity index (χ1) is 6.72. The Hall–Kier alpha value is -1.79. The smallest absolute Gasteiger partial charge is 0.120 e. The molecule has 0 aliphatic rings. The third-order valence-corrected chi connectivity index (χ3v) is 1.99. The Morgan fingerprint density at radius 3 is 2.86 bits per heavy atom. The highest BCUT2D eigenvalue weighted by Gasteiger charge is 2.08. The molecule has 0 aliphatic heterocycles. The number of nitriles is 1. The second-order valence-electron chi connectivity index (χ2n) is 2.83. The summed E-state index contributed by atoms with van der Waals surface area (Å²) >= 11 is 0.